The molecule has 0 spiro atoms. The molecule has 0 saturated carbocycles. The molecule has 1 aromatic heterocycles. The molecule has 0 radical (unpaired) electrons. The van der Waals surface area contributed by atoms with Gasteiger partial charge in [0.25, 0.3) is 0 Å². The lowest BCUT2D eigenvalue weighted by Crippen LogP contribution is -2.38. The van der Waals surface area contributed by atoms with Crippen LogP contribution in [0.4, 0.5) is 0 Å². The van der Waals surface area contributed by atoms with E-state index in [-0.39, 0.29) is 5.91 Å². The molecule has 6 nitrogen and oxygen atoms in total. The van der Waals surface area contributed by atoms with E-state index in [1.54, 1.807) is 7.11 Å². The van der Waals surface area contributed by atoms with Crippen LogP contribution in [0, 0.1) is 18.8 Å². The normalized spacial score (nSPS) is 11.3. The Hall–Kier alpha value is -2.80. The van der Waals surface area contributed by atoms with Crippen LogP contribution < -0.4 is 4.74 Å². The fourth-order valence-corrected chi connectivity index (χ4v) is 4.53. The maximum Gasteiger partial charge on any atom is 0.233 e. The van der Waals surface area contributed by atoms with Crippen LogP contribution in [0.25, 0.3) is 17.1 Å². The molecule has 0 aliphatic carbocycles. The van der Waals surface area contributed by atoms with Gasteiger partial charge in [0.2, 0.25) is 5.91 Å². The van der Waals surface area contributed by atoms with Gasteiger partial charge in [0.15, 0.2) is 11.0 Å². The van der Waals surface area contributed by atoms with Crippen molar-refractivity contribution in [3.8, 4) is 22.8 Å². The second-order valence-corrected chi connectivity index (χ2v) is 10.0. The highest BCUT2D eigenvalue weighted by molar-refractivity contribution is 7.99. The van der Waals surface area contributed by atoms with Gasteiger partial charge in [0.05, 0.1) is 12.9 Å². The van der Waals surface area contributed by atoms with E-state index >= 15 is 0 Å². The van der Waals surface area contributed by atoms with Gasteiger partial charge < -0.3 is 9.64 Å². The van der Waals surface area contributed by atoms with E-state index in [9.17, 15) is 4.79 Å². The Morgan fingerprint density at radius 1 is 1.03 bits per heavy atom. The van der Waals surface area contributed by atoms with E-state index in [2.05, 4.69) is 56.9 Å². The van der Waals surface area contributed by atoms with E-state index in [1.165, 1.54) is 11.8 Å². The molecular formula is C26H34N4O2S. The zero-order chi connectivity index (χ0) is 24.0. The van der Waals surface area contributed by atoms with Gasteiger partial charge in [-0.1, -0.05) is 63.2 Å². The van der Waals surface area contributed by atoms with E-state index in [4.69, 9.17) is 4.74 Å². The van der Waals surface area contributed by atoms with Crippen LogP contribution in [0.5, 0.6) is 5.75 Å². The number of carbonyl (C=O) groups is 1. The second kappa shape index (κ2) is 11.4. The average Bonchev–Trinajstić information content (AvgIpc) is 3.20. The van der Waals surface area contributed by atoms with Gasteiger partial charge >= 0.3 is 0 Å². The third-order valence-corrected chi connectivity index (χ3v) is 6.00. The largest absolute Gasteiger partial charge is 0.497 e. The van der Waals surface area contributed by atoms with Gasteiger partial charge in [-0.3, -0.25) is 9.36 Å². The Labute approximate surface area is 201 Å². The number of ether oxygens (including phenoxy) is 1. The fraction of sp³-hybridized carbons (Fsp3) is 0.423. The minimum Gasteiger partial charge on any atom is -0.497 e. The first-order chi connectivity index (χ1) is 15.8. The van der Waals surface area contributed by atoms with Crippen molar-refractivity contribution in [1.29, 1.82) is 0 Å². The zero-order valence-electron chi connectivity index (χ0n) is 20.4. The predicted octanol–water partition coefficient (Wildman–Crippen LogP) is 5.48. The first-order valence-electron chi connectivity index (χ1n) is 11.4. The number of carbonyl (C=O) groups excluding carboxylic acids is 1. The Morgan fingerprint density at radius 3 is 2.27 bits per heavy atom. The Morgan fingerprint density at radius 2 is 1.70 bits per heavy atom. The number of hydrogen-bond acceptors (Lipinski definition) is 5. The zero-order valence-corrected chi connectivity index (χ0v) is 21.2. The molecule has 2 aromatic carbocycles. The van der Waals surface area contributed by atoms with Crippen molar-refractivity contribution >= 4 is 17.7 Å². The number of hydrogen-bond donors (Lipinski definition) is 0. The molecule has 3 aromatic rings. The van der Waals surface area contributed by atoms with Crippen molar-refractivity contribution in [3.63, 3.8) is 0 Å². The summed E-state index contributed by atoms with van der Waals surface area (Å²) >= 11 is 1.43. The van der Waals surface area contributed by atoms with Gasteiger partial charge in [-0.2, -0.15) is 0 Å². The van der Waals surface area contributed by atoms with Crippen LogP contribution in [-0.4, -0.2) is 51.5 Å². The average molecular weight is 467 g/mol. The Bertz CT molecular complexity index is 1050. The molecule has 1 heterocycles. The third-order valence-electron chi connectivity index (χ3n) is 5.09. The summed E-state index contributed by atoms with van der Waals surface area (Å²) in [7, 11) is 1.65. The van der Waals surface area contributed by atoms with Gasteiger partial charge in [-0.25, -0.2) is 0 Å². The number of methoxy groups -OCH3 is 1. The first kappa shape index (κ1) is 24.8. The van der Waals surface area contributed by atoms with Crippen LogP contribution in [0.1, 0.15) is 33.3 Å². The van der Waals surface area contributed by atoms with Crippen molar-refractivity contribution < 1.29 is 9.53 Å². The lowest BCUT2D eigenvalue weighted by molar-refractivity contribution is -0.129. The highest BCUT2D eigenvalue weighted by Gasteiger charge is 2.21. The van der Waals surface area contributed by atoms with Crippen LogP contribution in [0.2, 0.25) is 0 Å². The maximum atomic E-state index is 13.1. The maximum absolute atomic E-state index is 13.1. The van der Waals surface area contributed by atoms with Crippen LogP contribution in [0.3, 0.4) is 0 Å². The van der Waals surface area contributed by atoms with Crippen LogP contribution in [0.15, 0.2) is 53.7 Å². The summed E-state index contributed by atoms with van der Waals surface area (Å²) in [5.74, 6) is 2.83. The van der Waals surface area contributed by atoms with Crippen molar-refractivity contribution in [2.24, 2.45) is 11.8 Å². The van der Waals surface area contributed by atoms with Crippen LogP contribution >= 0.6 is 11.8 Å². The molecule has 1 amide bonds. The molecule has 0 fully saturated rings. The van der Waals surface area contributed by atoms with Crippen LogP contribution in [-0.2, 0) is 4.79 Å². The molecule has 0 bridgehead atoms. The lowest BCUT2D eigenvalue weighted by Gasteiger charge is -2.26. The smallest absolute Gasteiger partial charge is 0.233 e. The molecule has 0 saturated heterocycles. The second-order valence-electron chi connectivity index (χ2n) is 9.08. The summed E-state index contributed by atoms with van der Waals surface area (Å²) in [6.07, 6.45) is 0. The quantitative estimate of drug-likeness (QED) is 0.370. The molecule has 33 heavy (non-hydrogen) atoms. The summed E-state index contributed by atoms with van der Waals surface area (Å²) in [6.45, 7) is 12.1. The minimum atomic E-state index is 0.129. The van der Waals surface area contributed by atoms with Crippen molar-refractivity contribution in [1.82, 2.24) is 19.7 Å². The standard InChI is InChI=1S/C26H34N4O2S/c1-18(2)15-29(16-19(3)4)24(31)17-33-26-28-27-25(21-9-7-8-20(5)14-21)30(26)22-10-12-23(32-6)13-11-22/h7-14,18-19H,15-17H2,1-6H3. The van der Waals surface area contributed by atoms with E-state index in [0.717, 1.165) is 41.5 Å². The first-order valence-corrected chi connectivity index (χ1v) is 12.3. The Balaban J connectivity index is 1.92. The summed E-state index contributed by atoms with van der Waals surface area (Å²) < 4.78 is 7.34. The number of aryl methyl sites for hydroxylation is 1. The number of rotatable bonds is 10. The summed E-state index contributed by atoms with van der Waals surface area (Å²) in [4.78, 5) is 15.0. The third kappa shape index (κ3) is 6.60. The predicted molar refractivity (Wildman–Crippen MR) is 135 cm³/mol. The fourth-order valence-electron chi connectivity index (χ4n) is 3.68. The monoisotopic (exact) mass is 466 g/mol. The lowest BCUT2D eigenvalue weighted by atomic mass is 10.1. The molecular weight excluding hydrogens is 432 g/mol. The van der Waals surface area contributed by atoms with E-state index < -0.39 is 0 Å². The number of nitrogens with zero attached hydrogens (tertiary/aromatic N) is 4. The van der Waals surface area contributed by atoms with Gasteiger partial charge in [0.1, 0.15) is 5.75 Å². The molecule has 0 unspecified atom stereocenters. The van der Waals surface area contributed by atoms with Crippen molar-refractivity contribution in [3.05, 3.63) is 54.1 Å². The molecule has 176 valence electrons. The number of benzene rings is 2. The van der Waals surface area contributed by atoms with E-state index in [1.807, 2.05) is 45.9 Å². The summed E-state index contributed by atoms with van der Waals surface area (Å²) in [6, 6.07) is 16.0. The summed E-state index contributed by atoms with van der Waals surface area (Å²) in [5.41, 5.74) is 3.06. The van der Waals surface area contributed by atoms with Gasteiger partial charge in [0, 0.05) is 24.3 Å². The highest BCUT2D eigenvalue weighted by Crippen LogP contribution is 2.29. The number of thioether (sulfide) groups is 1. The Kier molecular flexibility index (Phi) is 8.55. The molecule has 0 atom stereocenters. The van der Waals surface area contributed by atoms with Crippen molar-refractivity contribution in [2.45, 2.75) is 39.8 Å². The number of amides is 1. The number of aromatic nitrogens is 3. The highest BCUT2D eigenvalue weighted by atomic mass is 32.2. The topological polar surface area (TPSA) is 60.2 Å². The van der Waals surface area contributed by atoms with Crippen molar-refractivity contribution in [2.75, 3.05) is 26.0 Å². The molecule has 0 aliphatic heterocycles. The van der Waals surface area contributed by atoms with Gasteiger partial charge in [-0.05, 0) is 49.1 Å². The molecule has 0 aliphatic rings. The van der Waals surface area contributed by atoms with E-state index in [0.29, 0.717) is 22.7 Å². The summed E-state index contributed by atoms with van der Waals surface area (Å²) in [5, 5.41) is 9.66. The molecule has 3 rings (SSSR count). The SMILES string of the molecule is COc1ccc(-n2c(SCC(=O)N(CC(C)C)CC(C)C)nnc2-c2cccc(C)c2)cc1. The molecule has 7 heteroatoms. The minimum absolute atomic E-state index is 0.129. The molecule has 0 N–H and O–H groups in total. The van der Waals surface area contributed by atoms with Gasteiger partial charge in [-0.15, -0.1) is 10.2 Å².